The van der Waals surface area contributed by atoms with Gasteiger partial charge in [0, 0.05) is 13.1 Å². The zero-order chi connectivity index (χ0) is 13.5. The lowest BCUT2D eigenvalue weighted by molar-refractivity contribution is -0.125. The number of amides is 1. The zero-order valence-electron chi connectivity index (χ0n) is 11.9. The highest BCUT2D eigenvalue weighted by molar-refractivity contribution is 5.85. The summed E-state index contributed by atoms with van der Waals surface area (Å²) in [7, 11) is 1.66. The first-order chi connectivity index (χ1) is 9.29. The molecule has 4 nitrogen and oxygen atoms in total. The van der Waals surface area contributed by atoms with Crippen LogP contribution in [0.15, 0.2) is 24.3 Å². The molecule has 1 fully saturated rings. The van der Waals surface area contributed by atoms with Gasteiger partial charge in [-0.2, -0.15) is 0 Å². The molecule has 20 heavy (non-hydrogen) atoms. The van der Waals surface area contributed by atoms with Crippen LogP contribution in [0, 0.1) is 5.92 Å². The number of halogens is 1. The molecule has 0 saturated carbocycles. The van der Waals surface area contributed by atoms with Crippen molar-refractivity contribution >= 4 is 18.3 Å². The molecule has 0 radical (unpaired) electrons. The van der Waals surface area contributed by atoms with Gasteiger partial charge in [0.25, 0.3) is 0 Å². The van der Waals surface area contributed by atoms with E-state index in [-0.39, 0.29) is 24.2 Å². The zero-order valence-corrected chi connectivity index (χ0v) is 12.7. The van der Waals surface area contributed by atoms with Crippen LogP contribution in [0.4, 0.5) is 0 Å². The predicted octanol–water partition coefficient (Wildman–Crippen LogP) is 1.78. The number of nitrogens with one attached hydrogen (secondary N) is 2. The minimum Gasteiger partial charge on any atom is -0.497 e. The van der Waals surface area contributed by atoms with Crippen LogP contribution in [0.1, 0.15) is 18.4 Å². The van der Waals surface area contributed by atoms with E-state index in [9.17, 15) is 4.79 Å². The van der Waals surface area contributed by atoms with E-state index >= 15 is 0 Å². The van der Waals surface area contributed by atoms with Crippen LogP contribution in [0.25, 0.3) is 0 Å². The monoisotopic (exact) mass is 298 g/mol. The molecule has 2 rings (SSSR count). The molecule has 0 bridgehead atoms. The van der Waals surface area contributed by atoms with Gasteiger partial charge in [-0.25, -0.2) is 0 Å². The molecule has 1 atom stereocenters. The van der Waals surface area contributed by atoms with Crippen LogP contribution in [-0.4, -0.2) is 32.7 Å². The number of methoxy groups -OCH3 is 1. The van der Waals surface area contributed by atoms with Crippen molar-refractivity contribution in [2.75, 3.05) is 26.7 Å². The Morgan fingerprint density at radius 1 is 1.40 bits per heavy atom. The highest BCUT2D eigenvalue weighted by atomic mass is 35.5. The molecule has 1 saturated heterocycles. The second-order valence-electron chi connectivity index (χ2n) is 4.93. The lowest BCUT2D eigenvalue weighted by Gasteiger charge is -2.21. The van der Waals surface area contributed by atoms with E-state index in [0.717, 1.165) is 38.1 Å². The Balaban J connectivity index is 0.00000200. The Bertz CT molecular complexity index is 403. The molecule has 1 aliphatic heterocycles. The summed E-state index contributed by atoms with van der Waals surface area (Å²) in [6.07, 6.45) is 2.95. The molecule has 1 heterocycles. The van der Waals surface area contributed by atoms with Crippen molar-refractivity contribution in [1.29, 1.82) is 0 Å². The first-order valence-electron chi connectivity index (χ1n) is 6.91. The number of benzene rings is 1. The van der Waals surface area contributed by atoms with E-state index in [1.54, 1.807) is 7.11 Å². The number of hydrogen-bond donors (Lipinski definition) is 2. The molecule has 0 aliphatic carbocycles. The van der Waals surface area contributed by atoms with Crippen LogP contribution in [-0.2, 0) is 11.2 Å². The average molecular weight is 299 g/mol. The lowest BCUT2D eigenvalue weighted by Crippen LogP contribution is -2.41. The van der Waals surface area contributed by atoms with Gasteiger partial charge in [0.1, 0.15) is 5.75 Å². The fraction of sp³-hybridized carbons (Fsp3) is 0.533. The van der Waals surface area contributed by atoms with E-state index in [1.165, 1.54) is 5.56 Å². The second-order valence-corrected chi connectivity index (χ2v) is 4.93. The van der Waals surface area contributed by atoms with Crippen molar-refractivity contribution in [2.45, 2.75) is 19.3 Å². The molecule has 112 valence electrons. The molecular formula is C15H23ClN2O2. The lowest BCUT2D eigenvalue weighted by atomic mass is 9.99. The molecule has 1 aliphatic rings. The fourth-order valence-corrected chi connectivity index (χ4v) is 2.34. The van der Waals surface area contributed by atoms with E-state index in [1.807, 2.05) is 24.3 Å². The molecule has 1 aromatic rings. The van der Waals surface area contributed by atoms with Crippen LogP contribution in [0.2, 0.25) is 0 Å². The first-order valence-corrected chi connectivity index (χ1v) is 6.91. The molecule has 1 aromatic carbocycles. The molecule has 5 heteroatoms. The van der Waals surface area contributed by atoms with Gasteiger partial charge in [-0.15, -0.1) is 12.4 Å². The van der Waals surface area contributed by atoms with Crippen molar-refractivity contribution in [3.05, 3.63) is 29.8 Å². The van der Waals surface area contributed by atoms with Crippen LogP contribution in [0.3, 0.4) is 0 Å². The minimum absolute atomic E-state index is 0. The second kappa shape index (κ2) is 8.82. The normalized spacial score (nSPS) is 17.9. The van der Waals surface area contributed by atoms with Crippen LogP contribution >= 0.6 is 12.4 Å². The Hall–Kier alpha value is -1.26. The first kappa shape index (κ1) is 16.8. The molecule has 0 spiro atoms. The number of hydrogen-bond acceptors (Lipinski definition) is 3. The highest BCUT2D eigenvalue weighted by Crippen LogP contribution is 2.12. The highest BCUT2D eigenvalue weighted by Gasteiger charge is 2.19. The molecular weight excluding hydrogens is 276 g/mol. The third kappa shape index (κ3) is 5.02. The summed E-state index contributed by atoms with van der Waals surface area (Å²) < 4.78 is 5.11. The van der Waals surface area contributed by atoms with Gasteiger partial charge in [0.05, 0.1) is 13.0 Å². The Morgan fingerprint density at radius 2 is 2.15 bits per heavy atom. The summed E-state index contributed by atoms with van der Waals surface area (Å²) in [5.41, 5.74) is 1.21. The molecule has 1 unspecified atom stereocenters. The number of carbonyl (C=O) groups is 1. The van der Waals surface area contributed by atoms with Crippen LogP contribution < -0.4 is 15.4 Å². The maximum absolute atomic E-state index is 11.9. The summed E-state index contributed by atoms with van der Waals surface area (Å²) in [6.45, 7) is 2.55. The smallest absolute Gasteiger partial charge is 0.224 e. The number of ether oxygens (including phenoxy) is 1. The Morgan fingerprint density at radius 3 is 2.75 bits per heavy atom. The van der Waals surface area contributed by atoms with Gasteiger partial charge in [0.2, 0.25) is 5.91 Å². The standard InChI is InChI=1S/C15H22N2O2.ClH/c1-19-14-6-4-12(5-7-14)8-10-17-15(18)13-3-2-9-16-11-13;/h4-7,13,16H,2-3,8-11H2,1H3,(H,17,18);1H. The maximum Gasteiger partial charge on any atom is 0.224 e. The summed E-state index contributed by atoms with van der Waals surface area (Å²) in [5.74, 6) is 1.19. The van der Waals surface area contributed by atoms with Gasteiger partial charge in [0.15, 0.2) is 0 Å². The molecule has 1 amide bonds. The van der Waals surface area contributed by atoms with Crippen molar-refractivity contribution in [1.82, 2.24) is 10.6 Å². The van der Waals surface area contributed by atoms with Gasteiger partial charge < -0.3 is 15.4 Å². The summed E-state index contributed by atoms with van der Waals surface area (Å²) >= 11 is 0. The van der Waals surface area contributed by atoms with Crippen LogP contribution in [0.5, 0.6) is 5.75 Å². The van der Waals surface area contributed by atoms with E-state index in [2.05, 4.69) is 10.6 Å². The topological polar surface area (TPSA) is 50.4 Å². The third-order valence-electron chi connectivity index (χ3n) is 3.54. The SMILES string of the molecule is COc1ccc(CCNC(=O)C2CCCNC2)cc1.Cl. The van der Waals surface area contributed by atoms with Crippen molar-refractivity contribution in [3.63, 3.8) is 0 Å². The minimum atomic E-state index is 0. The van der Waals surface area contributed by atoms with Crippen molar-refractivity contribution < 1.29 is 9.53 Å². The summed E-state index contributed by atoms with van der Waals surface area (Å²) in [5, 5.41) is 6.28. The van der Waals surface area contributed by atoms with E-state index in [0.29, 0.717) is 6.54 Å². The third-order valence-corrected chi connectivity index (χ3v) is 3.54. The van der Waals surface area contributed by atoms with Crippen molar-refractivity contribution in [2.24, 2.45) is 5.92 Å². The van der Waals surface area contributed by atoms with Gasteiger partial charge in [-0.05, 0) is 43.5 Å². The summed E-state index contributed by atoms with van der Waals surface area (Å²) in [4.78, 5) is 11.9. The van der Waals surface area contributed by atoms with Gasteiger partial charge in [-0.3, -0.25) is 4.79 Å². The van der Waals surface area contributed by atoms with Gasteiger partial charge in [-0.1, -0.05) is 12.1 Å². The number of piperidine rings is 1. The number of rotatable bonds is 5. The van der Waals surface area contributed by atoms with E-state index < -0.39 is 0 Å². The largest absolute Gasteiger partial charge is 0.497 e. The number of carbonyl (C=O) groups excluding carboxylic acids is 1. The molecule has 2 N–H and O–H groups in total. The Labute approximate surface area is 126 Å². The van der Waals surface area contributed by atoms with Crippen molar-refractivity contribution in [3.8, 4) is 5.75 Å². The van der Waals surface area contributed by atoms with Gasteiger partial charge >= 0.3 is 0 Å². The quantitative estimate of drug-likeness (QED) is 0.871. The maximum atomic E-state index is 11.9. The molecule has 0 aromatic heterocycles. The fourth-order valence-electron chi connectivity index (χ4n) is 2.34. The summed E-state index contributed by atoms with van der Waals surface area (Å²) in [6, 6.07) is 7.96. The van der Waals surface area contributed by atoms with E-state index in [4.69, 9.17) is 4.74 Å². The predicted molar refractivity (Wildman–Crippen MR) is 82.5 cm³/mol. The average Bonchev–Trinajstić information content (AvgIpc) is 2.49. The Kier molecular flexibility index (Phi) is 7.41.